The summed E-state index contributed by atoms with van der Waals surface area (Å²) in [6.45, 7) is 10.6. The molecule has 2 rings (SSSR count). The fourth-order valence-corrected chi connectivity index (χ4v) is 2.51. The molecule has 1 aliphatic heterocycles. The maximum Gasteiger partial charge on any atom is 0.146 e. The van der Waals surface area contributed by atoms with Crippen molar-refractivity contribution in [3.05, 3.63) is 35.1 Å². The van der Waals surface area contributed by atoms with Gasteiger partial charge in [0.2, 0.25) is 0 Å². The van der Waals surface area contributed by atoms with E-state index < -0.39 is 0 Å². The predicted molar refractivity (Wildman–Crippen MR) is 85.6 cm³/mol. The van der Waals surface area contributed by atoms with Gasteiger partial charge in [-0.2, -0.15) is 0 Å². The van der Waals surface area contributed by atoms with E-state index in [1.54, 1.807) is 7.11 Å². The van der Waals surface area contributed by atoms with Crippen molar-refractivity contribution in [2.24, 2.45) is 9.98 Å². The van der Waals surface area contributed by atoms with Crippen molar-refractivity contribution in [3.8, 4) is 0 Å². The molecule has 1 aliphatic carbocycles. The van der Waals surface area contributed by atoms with Gasteiger partial charge in [0, 0.05) is 17.7 Å². The van der Waals surface area contributed by atoms with E-state index in [9.17, 15) is 0 Å². The standard InChI is InChI=1S/C17H24N2O/c1-7-12(3)18-13-8-14-11(2)10-17(4,5)19-16(14)15(9-13)20-6/h8-10,12H,7H2,1-6H3. The first-order valence-corrected chi connectivity index (χ1v) is 7.22. The largest absolute Gasteiger partial charge is 0.494 e. The fraction of sp³-hybridized carbons (Fsp3) is 0.529. The van der Waals surface area contributed by atoms with Crippen molar-refractivity contribution in [1.82, 2.24) is 0 Å². The van der Waals surface area contributed by atoms with Crippen molar-refractivity contribution in [3.63, 3.8) is 0 Å². The van der Waals surface area contributed by atoms with Crippen molar-refractivity contribution in [2.75, 3.05) is 7.11 Å². The molecule has 0 aromatic rings. The number of hydrogen-bond acceptors (Lipinski definition) is 3. The third kappa shape index (κ3) is 2.92. The van der Waals surface area contributed by atoms with Crippen LogP contribution in [0.25, 0.3) is 0 Å². The summed E-state index contributed by atoms with van der Waals surface area (Å²) in [4.78, 5) is 9.51. The topological polar surface area (TPSA) is 34.0 Å². The monoisotopic (exact) mass is 272 g/mol. The van der Waals surface area contributed by atoms with Crippen molar-refractivity contribution in [2.45, 2.75) is 52.6 Å². The molecule has 0 N–H and O–H groups in total. The quantitative estimate of drug-likeness (QED) is 0.718. The average Bonchev–Trinajstić information content (AvgIpc) is 2.37. The number of rotatable bonds is 3. The summed E-state index contributed by atoms with van der Waals surface area (Å²) < 4.78 is 5.53. The normalized spacial score (nSPS) is 24.2. The third-order valence-corrected chi connectivity index (χ3v) is 3.63. The summed E-state index contributed by atoms with van der Waals surface area (Å²) in [5.41, 5.74) is 4.10. The number of allylic oxidation sites excluding steroid dienone is 4. The van der Waals surface area contributed by atoms with Crippen molar-refractivity contribution in [1.29, 1.82) is 0 Å². The summed E-state index contributed by atoms with van der Waals surface area (Å²) in [5, 5.41) is 0. The van der Waals surface area contributed by atoms with Crippen LogP contribution in [0.5, 0.6) is 0 Å². The maximum atomic E-state index is 5.53. The lowest BCUT2D eigenvalue weighted by Crippen LogP contribution is -2.28. The molecule has 3 heteroatoms. The summed E-state index contributed by atoms with van der Waals surface area (Å²) in [6, 6.07) is 0.319. The van der Waals surface area contributed by atoms with Crippen LogP contribution < -0.4 is 0 Å². The number of hydrogen-bond donors (Lipinski definition) is 0. The number of methoxy groups -OCH3 is 1. The Morgan fingerprint density at radius 2 is 2.05 bits per heavy atom. The van der Waals surface area contributed by atoms with E-state index in [2.05, 4.69) is 46.8 Å². The zero-order valence-corrected chi connectivity index (χ0v) is 13.3. The molecule has 0 saturated heterocycles. The molecule has 0 saturated carbocycles. The highest BCUT2D eigenvalue weighted by molar-refractivity contribution is 6.25. The van der Waals surface area contributed by atoms with E-state index in [1.165, 1.54) is 5.57 Å². The van der Waals surface area contributed by atoms with Crippen LogP contribution in [0.3, 0.4) is 0 Å². The third-order valence-electron chi connectivity index (χ3n) is 3.63. The van der Waals surface area contributed by atoms with Gasteiger partial charge >= 0.3 is 0 Å². The Morgan fingerprint density at radius 1 is 1.35 bits per heavy atom. The SMILES string of the molecule is CCC(C)N=C1C=C(OC)C2=NC(C)(C)C=C(C)C2=C1. The van der Waals surface area contributed by atoms with Gasteiger partial charge in [-0.25, -0.2) is 0 Å². The highest BCUT2D eigenvalue weighted by atomic mass is 16.5. The molecule has 1 atom stereocenters. The maximum absolute atomic E-state index is 5.53. The number of ether oxygens (including phenoxy) is 1. The second kappa shape index (κ2) is 5.39. The molecule has 0 aromatic heterocycles. The smallest absolute Gasteiger partial charge is 0.146 e. The minimum absolute atomic E-state index is 0.181. The van der Waals surface area contributed by atoms with Gasteiger partial charge < -0.3 is 4.74 Å². The van der Waals surface area contributed by atoms with Gasteiger partial charge in [0.1, 0.15) is 11.5 Å². The Labute approximate surface area is 121 Å². The first-order chi connectivity index (χ1) is 9.36. The Bertz CT molecular complexity index is 560. The molecule has 0 bridgehead atoms. The number of fused-ring (bicyclic) bond motifs is 1. The van der Waals surface area contributed by atoms with E-state index >= 15 is 0 Å². The molecule has 108 valence electrons. The zero-order valence-electron chi connectivity index (χ0n) is 13.3. The van der Waals surface area contributed by atoms with E-state index in [0.29, 0.717) is 6.04 Å². The molecular formula is C17H24N2O. The number of dihydropyridines is 1. The minimum Gasteiger partial charge on any atom is -0.494 e. The lowest BCUT2D eigenvalue weighted by molar-refractivity contribution is 0.314. The van der Waals surface area contributed by atoms with Crippen LogP contribution in [0.4, 0.5) is 0 Å². The Kier molecular flexibility index (Phi) is 3.98. The van der Waals surface area contributed by atoms with Crippen molar-refractivity contribution >= 4 is 11.4 Å². The molecule has 1 heterocycles. The van der Waals surface area contributed by atoms with Crippen LogP contribution >= 0.6 is 0 Å². The van der Waals surface area contributed by atoms with Gasteiger partial charge in [0.25, 0.3) is 0 Å². The second-order valence-electron chi connectivity index (χ2n) is 6.02. The lowest BCUT2D eigenvalue weighted by Gasteiger charge is -2.29. The molecule has 2 aliphatic rings. The molecule has 0 radical (unpaired) electrons. The molecule has 0 aromatic carbocycles. The summed E-state index contributed by atoms with van der Waals surface area (Å²) in [6.07, 6.45) is 7.34. The van der Waals surface area contributed by atoms with E-state index in [0.717, 1.165) is 29.2 Å². The highest BCUT2D eigenvalue weighted by Crippen LogP contribution is 2.31. The second-order valence-corrected chi connectivity index (χ2v) is 6.02. The molecule has 20 heavy (non-hydrogen) atoms. The first kappa shape index (κ1) is 14.8. The fourth-order valence-electron chi connectivity index (χ4n) is 2.51. The van der Waals surface area contributed by atoms with Crippen LogP contribution in [0.1, 0.15) is 41.0 Å². The molecule has 0 spiro atoms. The minimum atomic E-state index is -0.181. The van der Waals surface area contributed by atoms with Crippen LogP contribution in [0.15, 0.2) is 45.1 Å². The van der Waals surface area contributed by atoms with Gasteiger partial charge in [-0.15, -0.1) is 0 Å². The summed E-state index contributed by atoms with van der Waals surface area (Å²) in [5.74, 6) is 0.810. The highest BCUT2D eigenvalue weighted by Gasteiger charge is 2.29. The van der Waals surface area contributed by atoms with Gasteiger partial charge in [-0.3, -0.25) is 9.98 Å². The van der Waals surface area contributed by atoms with E-state index in [4.69, 9.17) is 14.7 Å². The Morgan fingerprint density at radius 3 is 2.65 bits per heavy atom. The van der Waals surface area contributed by atoms with Crippen LogP contribution in [0, 0.1) is 0 Å². The van der Waals surface area contributed by atoms with Crippen molar-refractivity contribution < 1.29 is 4.74 Å². The molecule has 1 unspecified atom stereocenters. The molecule has 0 amide bonds. The van der Waals surface area contributed by atoms with Gasteiger partial charge in [0.05, 0.1) is 18.4 Å². The lowest BCUT2D eigenvalue weighted by atomic mass is 9.87. The van der Waals surface area contributed by atoms with Gasteiger partial charge in [-0.1, -0.05) is 13.0 Å². The summed E-state index contributed by atoms with van der Waals surface area (Å²) >= 11 is 0. The number of nitrogens with zero attached hydrogens (tertiary/aromatic N) is 2. The van der Waals surface area contributed by atoms with Gasteiger partial charge in [0.15, 0.2) is 0 Å². The Hall–Kier alpha value is -1.64. The average molecular weight is 272 g/mol. The van der Waals surface area contributed by atoms with E-state index in [1.807, 2.05) is 6.08 Å². The van der Waals surface area contributed by atoms with Crippen LogP contribution in [0.2, 0.25) is 0 Å². The predicted octanol–water partition coefficient (Wildman–Crippen LogP) is 3.88. The summed E-state index contributed by atoms with van der Waals surface area (Å²) in [7, 11) is 1.69. The van der Waals surface area contributed by atoms with Crippen LogP contribution in [-0.4, -0.2) is 30.1 Å². The molecular weight excluding hydrogens is 248 g/mol. The molecule has 0 fully saturated rings. The zero-order chi connectivity index (χ0) is 14.9. The first-order valence-electron chi connectivity index (χ1n) is 7.22. The molecule has 3 nitrogen and oxygen atoms in total. The van der Waals surface area contributed by atoms with Gasteiger partial charge in [-0.05, 0) is 45.8 Å². The number of aliphatic imine (C=N–C) groups is 2. The van der Waals surface area contributed by atoms with Crippen LogP contribution in [-0.2, 0) is 4.74 Å². The Balaban J connectivity index is 2.49. The van der Waals surface area contributed by atoms with E-state index in [-0.39, 0.29) is 5.54 Å².